The van der Waals surface area contributed by atoms with Crippen molar-refractivity contribution >= 4 is 17.5 Å². The van der Waals surface area contributed by atoms with Crippen LogP contribution in [0, 0.1) is 13.8 Å². The Labute approximate surface area is 153 Å². The Kier molecular flexibility index (Phi) is 5.63. The van der Waals surface area contributed by atoms with Crippen molar-refractivity contribution in [2.75, 3.05) is 24.3 Å². The summed E-state index contributed by atoms with van der Waals surface area (Å²) in [4.78, 5) is 4.47. The van der Waals surface area contributed by atoms with Crippen LogP contribution in [0.15, 0.2) is 48.7 Å². The first-order valence-electron chi connectivity index (χ1n) is 8.54. The zero-order valence-corrected chi connectivity index (χ0v) is 15.3. The van der Waals surface area contributed by atoms with E-state index < -0.39 is 0 Å². The van der Waals surface area contributed by atoms with Gasteiger partial charge in [0.1, 0.15) is 5.75 Å². The zero-order valence-electron chi connectivity index (χ0n) is 15.3. The van der Waals surface area contributed by atoms with Gasteiger partial charge in [0.2, 0.25) is 5.95 Å². The van der Waals surface area contributed by atoms with Crippen molar-refractivity contribution in [1.29, 1.82) is 0 Å². The van der Waals surface area contributed by atoms with E-state index in [0.29, 0.717) is 11.8 Å². The molecule has 3 rings (SSSR count). The van der Waals surface area contributed by atoms with Crippen LogP contribution in [0.5, 0.6) is 5.75 Å². The molecular formula is C20H23N5O. The molecule has 0 aliphatic rings. The van der Waals surface area contributed by atoms with E-state index in [1.165, 1.54) is 16.7 Å². The Balaban J connectivity index is 1.58. The van der Waals surface area contributed by atoms with E-state index >= 15 is 0 Å². The number of aryl methyl sites for hydroxylation is 2. The van der Waals surface area contributed by atoms with Crippen LogP contribution in [0.25, 0.3) is 0 Å². The molecule has 2 aromatic carbocycles. The standard InChI is InChI=1S/C20H23N5O/c1-14-10-15(2)12-17(11-14)23-20-24-19(13-22-25-20)21-9-8-16-4-6-18(26-3)7-5-16/h4-7,10-13H,8-9H2,1-3H3,(H2,21,23,24,25). The van der Waals surface area contributed by atoms with Crippen LogP contribution >= 0.6 is 0 Å². The van der Waals surface area contributed by atoms with Gasteiger partial charge in [-0.05, 0) is 61.2 Å². The number of rotatable bonds is 7. The molecule has 1 aromatic heterocycles. The fourth-order valence-corrected chi connectivity index (χ4v) is 2.74. The zero-order chi connectivity index (χ0) is 18.4. The predicted molar refractivity (Wildman–Crippen MR) is 104 cm³/mol. The highest BCUT2D eigenvalue weighted by Crippen LogP contribution is 2.17. The number of benzene rings is 2. The average molecular weight is 349 g/mol. The monoisotopic (exact) mass is 349 g/mol. The van der Waals surface area contributed by atoms with Gasteiger partial charge < -0.3 is 15.4 Å². The lowest BCUT2D eigenvalue weighted by atomic mass is 10.1. The van der Waals surface area contributed by atoms with Crippen molar-refractivity contribution in [3.63, 3.8) is 0 Å². The molecule has 0 saturated heterocycles. The summed E-state index contributed by atoms with van der Waals surface area (Å²) in [6, 6.07) is 14.3. The van der Waals surface area contributed by atoms with Gasteiger partial charge in [0.05, 0.1) is 13.3 Å². The number of hydrogen-bond acceptors (Lipinski definition) is 6. The number of hydrogen-bond donors (Lipinski definition) is 2. The van der Waals surface area contributed by atoms with Crippen LogP contribution in [0.1, 0.15) is 16.7 Å². The molecule has 6 heteroatoms. The van der Waals surface area contributed by atoms with Crippen molar-refractivity contribution in [3.05, 3.63) is 65.4 Å². The minimum absolute atomic E-state index is 0.476. The first kappa shape index (κ1) is 17.7. The Bertz CT molecular complexity index is 844. The Morgan fingerprint density at radius 2 is 1.73 bits per heavy atom. The lowest BCUT2D eigenvalue weighted by Gasteiger charge is -2.09. The van der Waals surface area contributed by atoms with Crippen LogP contribution in [0.4, 0.5) is 17.5 Å². The van der Waals surface area contributed by atoms with Gasteiger partial charge >= 0.3 is 0 Å². The van der Waals surface area contributed by atoms with Crippen molar-refractivity contribution in [2.45, 2.75) is 20.3 Å². The molecule has 26 heavy (non-hydrogen) atoms. The summed E-state index contributed by atoms with van der Waals surface area (Å²) in [5.41, 5.74) is 4.57. The van der Waals surface area contributed by atoms with Crippen molar-refractivity contribution < 1.29 is 4.74 Å². The molecule has 2 N–H and O–H groups in total. The molecule has 6 nitrogen and oxygen atoms in total. The molecule has 0 unspecified atom stereocenters. The molecule has 0 saturated carbocycles. The number of nitrogens with zero attached hydrogens (tertiary/aromatic N) is 3. The highest BCUT2D eigenvalue weighted by molar-refractivity contribution is 5.56. The second-order valence-electron chi connectivity index (χ2n) is 6.19. The second kappa shape index (κ2) is 8.29. The molecule has 134 valence electrons. The van der Waals surface area contributed by atoms with E-state index in [4.69, 9.17) is 4.74 Å². The minimum atomic E-state index is 0.476. The molecule has 0 fully saturated rings. The smallest absolute Gasteiger partial charge is 0.249 e. The Morgan fingerprint density at radius 3 is 2.42 bits per heavy atom. The van der Waals surface area contributed by atoms with Gasteiger partial charge in [0, 0.05) is 12.2 Å². The quantitative estimate of drug-likeness (QED) is 0.674. The Hall–Kier alpha value is -3.15. The summed E-state index contributed by atoms with van der Waals surface area (Å²) in [6.07, 6.45) is 2.51. The second-order valence-corrected chi connectivity index (χ2v) is 6.19. The van der Waals surface area contributed by atoms with E-state index in [9.17, 15) is 0 Å². The molecule has 0 radical (unpaired) electrons. The van der Waals surface area contributed by atoms with Crippen molar-refractivity contribution in [2.24, 2.45) is 0 Å². The minimum Gasteiger partial charge on any atom is -0.497 e. The molecule has 0 aliphatic carbocycles. The molecule has 0 spiro atoms. The van der Waals surface area contributed by atoms with E-state index in [2.05, 4.69) is 70.0 Å². The summed E-state index contributed by atoms with van der Waals surface area (Å²) in [5, 5.41) is 14.6. The van der Waals surface area contributed by atoms with Gasteiger partial charge in [0.15, 0.2) is 5.82 Å². The van der Waals surface area contributed by atoms with Crippen molar-refractivity contribution in [3.8, 4) is 5.75 Å². The number of nitrogens with one attached hydrogen (secondary N) is 2. The number of methoxy groups -OCH3 is 1. The van der Waals surface area contributed by atoms with Crippen LogP contribution in [0.2, 0.25) is 0 Å². The third-order valence-electron chi connectivity index (χ3n) is 3.92. The summed E-state index contributed by atoms with van der Waals surface area (Å²) in [5.74, 6) is 2.04. The highest BCUT2D eigenvalue weighted by Gasteiger charge is 2.03. The maximum absolute atomic E-state index is 5.17. The number of ether oxygens (including phenoxy) is 1. The maximum Gasteiger partial charge on any atom is 0.249 e. The molecule has 0 atom stereocenters. The summed E-state index contributed by atoms with van der Waals surface area (Å²) >= 11 is 0. The summed E-state index contributed by atoms with van der Waals surface area (Å²) < 4.78 is 5.17. The molecule has 0 aliphatic heterocycles. The molecule has 3 aromatic rings. The third-order valence-corrected chi connectivity index (χ3v) is 3.92. The van der Waals surface area contributed by atoms with E-state index in [1.807, 2.05) is 12.1 Å². The lowest BCUT2D eigenvalue weighted by molar-refractivity contribution is 0.414. The van der Waals surface area contributed by atoms with Crippen LogP contribution in [-0.4, -0.2) is 28.8 Å². The molecular weight excluding hydrogens is 326 g/mol. The Morgan fingerprint density at radius 1 is 1.00 bits per heavy atom. The van der Waals surface area contributed by atoms with E-state index in [1.54, 1.807) is 13.3 Å². The van der Waals surface area contributed by atoms with Crippen molar-refractivity contribution in [1.82, 2.24) is 15.2 Å². The van der Waals surface area contributed by atoms with E-state index in [-0.39, 0.29) is 0 Å². The van der Waals surface area contributed by atoms with Crippen LogP contribution in [-0.2, 0) is 6.42 Å². The summed E-state index contributed by atoms with van der Waals surface area (Å²) in [7, 11) is 1.67. The topological polar surface area (TPSA) is 72.0 Å². The van der Waals surface area contributed by atoms with Crippen LogP contribution in [0.3, 0.4) is 0 Å². The number of aromatic nitrogens is 3. The fourth-order valence-electron chi connectivity index (χ4n) is 2.74. The van der Waals surface area contributed by atoms with Gasteiger partial charge in [-0.15, -0.1) is 5.10 Å². The first-order valence-corrected chi connectivity index (χ1v) is 8.54. The molecule has 1 heterocycles. The van der Waals surface area contributed by atoms with E-state index in [0.717, 1.165) is 24.4 Å². The lowest BCUT2D eigenvalue weighted by Crippen LogP contribution is -2.08. The third kappa shape index (κ3) is 4.92. The van der Waals surface area contributed by atoms with Gasteiger partial charge in [-0.2, -0.15) is 10.1 Å². The SMILES string of the molecule is COc1ccc(CCNc2cnnc(Nc3cc(C)cc(C)c3)n2)cc1. The molecule has 0 bridgehead atoms. The largest absolute Gasteiger partial charge is 0.497 e. The van der Waals surface area contributed by atoms with Gasteiger partial charge in [-0.1, -0.05) is 18.2 Å². The normalized spacial score (nSPS) is 10.4. The van der Waals surface area contributed by atoms with Crippen LogP contribution < -0.4 is 15.4 Å². The molecule has 0 amide bonds. The van der Waals surface area contributed by atoms with Gasteiger partial charge in [-0.3, -0.25) is 0 Å². The van der Waals surface area contributed by atoms with Gasteiger partial charge in [0.25, 0.3) is 0 Å². The highest BCUT2D eigenvalue weighted by atomic mass is 16.5. The van der Waals surface area contributed by atoms with Gasteiger partial charge in [-0.25, -0.2) is 0 Å². The fraction of sp³-hybridized carbons (Fsp3) is 0.250. The summed E-state index contributed by atoms with van der Waals surface area (Å²) in [6.45, 7) is 4.89. The average Bonchev–Trinajstić information content (AvgIpc) is 2.62. The predicted octanol–water partition coefficient (Wildman–Crippen LogP) is 3.90. The maximum atomic E-state index is 5.17. The number of anilines is 3. The first-order chi connectivity index (χ1) is 12.6.